The van der Waals surface area contributed by atoms with Gasteiger partial charge in [0.05, 0.1) is 11.2 Å². The Labute approximate surface area is 150 Å². The lowest BCUT2D eigenvalue weighted by Crippen LogP contribution is -2.41. The van der Waals surface area contributed by atoms with E-state index in [2.05, 4.69) is 4.98 Å². The maximum absolute atomic E-state index is 12.2. The van der Waals surface area contributed by atoms with Gasteiger partial charge in [-0.05, 0) is 58.5 Å². The molecule has 3 rings (SSSR count). The third-order valence-corrected chi connectivity index (χ3v) is 5.34. The summed E-state index contributed by atoms with van der Waals surface area (Å²) in [6.45, 7) is 9.73. The van der Waals surface area contributed by atoms with Gasteiger partial charge in [0.1, 0.15) is 0 Å². The monoisotopic (exact) mass is 346 g/mol. The van der Waals surface area contributed by atoms with E-state index in [1.54, 1.807) is 12.3 Å². The quantitative estimate of drug-likeness (QED) is 0.778. The first-order valence-corrected chi connectivity index (χ1v) is 9.01. The lowest BCUT2D eigenvalue weighted by atomic mass is 9.80. The standard InChI is InChI=1S/C18H27BN2O4/c1-17(2)18(3,4)25-19(24-17)14-8-9-20-15(12-14)23-13-16(22)21-10-6-5-7-11-21/h8-9,12H,5-7,10-11,13H2,1-4H3. The van der Waals surface area contributed by atoms with E-state index in [1.807, 2.05) is 38.7 Å². The van der Waals surface area contributed by atoms with Crippen molar-refractivity contribution in [2.45, 2.75) is 58.2 Å². The Morgan fingerprint density at radius 2 is 1.84 bits per heavy atom. The second-order valence-corrected chi connectivity index (χ2v) is 7.75. The Bertz CT molecular complexity index is 613. The fraction of sp³-hybridized carbons (Fsp3) is 0.667. The zero-order chi connectivity index (χ0) is 18.1. The van der Waals surface area contributed by atoms with Crippen molar-refractivity contribution in [2.24, 2.45) is 0 Å². The molecule has 2 aliphatic heterocycles. The van der Waals surface area contributed by atoms with Gasteiger partial charge in [0, 0.05) is 25.4 Å². The molecule has 0 spiro atoms. The van der Waals surface area contributed by atoms with Gasteiger partial charge in [0.2, 0.25) is 5.88 Å². The lowest BCUT2D eigenvalue weighted by Gasteiger charge is -2.32. The van der Waals surface area contributed by atoms with Crippen molar-refractivity contribution >= 4 is 18.5 Å². The summed E-state index contributed by atoms with van der Waals surface area (Å²) in [6.07, 6.45) is 4.99. The van der Waals surface area contributed by atoms with Crippen LogP contribution in [-0.2, 0) is 14.1 Å². The highest BCUT2D eigenvalue weighted by molar-refractivity contribution is 6.62. The Kier molecular flexibility index (Phi) is 5.07. The average Bonchev–Trinajstić information content (AvgIpc) is 2.81. The van der Waals surface area contributed by atoms with Crippen LogP contribution in [0.15, 0.2) is 18.3 Å². The van der Waals surface area contributed by atoms with Crippen molar-refractivity contribution in [3.63, 3.8) is 0 Å². The molecule has 0 N–H and O–H groups in total. The molecule has 1 aromatic heterocycles. The predicted molar refractivity (Wildman–Crippen MR) is 95.9 cm³/mol. The summed E-state index contributed by atoms with van der Waals surface area (Å²) >= 11 is 0. The largest absolute Gasteiger partial charge is 0.495 e. The van der Waals surface area contributed by atoms with E-state index in [0.29, 0.717) is 5.88 Å². The number of rotatable bonds is 4. The van der Waals surface area contributed by atoms with Gasteiger partial charge < -0.3 is 18.9 Å². The van der Waals surface area contributed by atoms with Crippen molar-refractivity contribution < 1.29 is 18.8 Å². The predicted octanol–water partition coefficient (Wildman–Crippen LogP) is 1.77. The molecule has 6 nitrogen and oxygen atoms in total. The number of amides is 1. The van der Waals surface area contributed by atoms with Crippen LogP contribution in [0.2, 0.25) is 0 Å². The fourth-order valence-electron chi connectivity index (χ4n) is 3.00. The number of aromatic nitrogens is 1. The van der Waals surface area contributed by atoms with Gasteiger partial charge in [-0.1, -0.05) is 0 Å². The number of carbonyl (C=O) groups excluding carboxylic acids is 1. The zero-order valence-electron chi connectivity index (χ0n) is 15.6. The van der Waals surface area contributed by atoms with Crippen molar-refractivity contribution in [3.05, 3.63) is 18.3 Å². The Balaban J connectivity index is 1.61. The minimum absolute atomic E-state index is 0.0137. The molecule has 1 amide bonds. The molecule has 3 heterocycles. The van der Waals surface area contributed by atoms with Gasteiger partial charge in [-0.2, -0.15) is 0 Å². The normalized spacial score (nSPS) is 22.1. The summed E-state index contributed by atoms with van der Waals surface area (Å²) in [6, 6.07) is 3.63. The smallest absolute Gasteiger partial charge is 0.468 e. The summed E-state index contributed by atoms with van der Waals surface area (Å²) in [5.41, 5.74) is 0.0484. The van der Waals surface area contributed by atoms with Crippen LogP contribution in [0, 0.1) is 0 Å². The second kappa shape index (κ2) is 6.96. The summed E-state index contributed by atoms with van der Waals surface area (Å²) < 4.78 is 17.7. The lowest BCUT2D eigenvalue weighted by molar-refractivity contribution is -0.134. The summed E-state index contributed by atoms with van der Waals surface area (Å²) in [7, 11) is -0.465. The van der Waals surface area contributed by atoms with Crippen LogP contribution >= 0.6 is 0 Å². The molecule has 0 radical (unpaired) electrons. The molecule has 0 unspecified atom stereocenters. The van der Waals surface area contributed by atoms with Crippen LogP contribution in [0.25, 0.3) is 0 Å². The SMILES string of the molecule is CC1(C)OB(c2ccnc(OCC(=O)N3CCCCC3)c2)OC1(C)C. The molecule has 0 aliphatic carbocycles. The fourth-order valence-corrected chi connectivity index (χ4v) is 3.00. The number of ether oxygens (including phenoxy) is 1. The van der Waals surface area contributed by atoms with Gasteiger partial charge in [-0.15, -0.1) is 0 Å². The van der Waals surface area contributed by atoms with E-state index in [9.17, 15) is 4.79 Å². The van der Waals surface area contributed by atoms with Crippen LogP contribution in [0.3, 0.4) is 0 Å². The number of hydrogen-bond donors (Lipinski definition) is 0. The minimum Gasteiger partial charge on any atom is -0.468 e. The number of pyridine rings is 1. The first kappa shape index (κ1) is 18.2. The number of hydrogen-bond acceptors (Lipinski definition) is 5. The Hall–Kier alpha value is -1.60. The maximum atomic E-state index is 12.2. The van der Waals surface area contributed by atoms with Gasteiger partial charge >= 0.3 is 7.12 Å². The highest BCUT2D eigenvalue weighted by Crippen LogP contribution is 2.36. The molecule has 1 aromatic rings. The van der Waals surface area contributed by atoms with Crippen LogP contribution in [-0.4, -0.2) is 53.8 Å². The molecule has 0 saturated carbocycles. The van der Waals surface area contributed by atoms with Crippen LogP contribution in [0.4, 0.5) is 0 Å². The number of likely N-dealkylation sites (tertiary alicyclic amines) is 1. The van der Waals surface area contributed by atoms with E-state index >= 15 is 0 Å². The van der Waals surface area contributed by atoms with Gasteiger partial charge in [0.25, 0.3) is 5.91 Å². The Morgan fingerprint density at radius 1 is 1.20 bits per heavy atom. The third-order valence-electron chi connectivity index (χ3n) is 5.34. The van der Waals surface area contributed by atoms with Crippen molar-refractivity contribution in [2.75, 3.05) is 19.7 Å². The molecule has 0 aromatic carbocycles. The maximum Gasteiger partial charge on any atom is 0.495 e. The number of carbonyl (C=O) groups is 1. The first-order chi connectivity index (χ1) is 11.8. The molecule has 136 valence electrons. The molecule has 0 bridgehead atoms. The summed E-state index contributed by atoms with van der Waals surface area (Å²) in [4.78, 5) is 18.3. The van der Waals surface area contributed by atoms with E-state index in [4.69, 9.17) is 14.0 Å². The van der Waals surface area contributed by atoms with E-state index in [0.717, 1.165) is 31.4 Å². The molecule has 2 fully saturated rings. The average molecular weight is 346 g/mol. The van der Waals surface area contributed by atoms with E-state index in [-0.39, 0.29) is 12.5 Å². The third kappa shape index (κ3) is 3.98. The van der Waals surface area contributed by atoms with E-state index in [1.165, 1.54) is 6.42 Å². The molecule has 7 heteroatoms. The first-order valence-electron chi connectivity index (χ1n) is 9.01. The number of nitrogens with zero attached hydrogens (tertiary/aromatic N) is 2. The van der Waals surface area contributed by atoms with E-state index < -0.39 is 18.3 Å². The van der Waals surface area contributed by atoms with Crippen molar-refractivity contribution in [1.82, 2.24) is 9.88 Å². The minimum atomic E-state index is -0.465. The topological polar surface area (TPSA) is 60.9 Å². The summed E-state index contributed by atoms with van der Waals surface area (Å²) in [5.74, 6) is 0.431. The summed E-state index contributed by atoms with van der Waals surface area (Å²) in [5, 5.41) is 0. The molecule has 25 heavy (non-hydrogen) atoms. The van der Waals surface area contributed by atoms with Crippen molar-refractivity contribution in [1.29, 1.82) is 0 Å². The van der Waals surface area contributed by atoms with Crippen molar-refractivity contribution in [3.8, 4) is 5.88 Å². The highest BCUT2D eigenvalue weighted by Gasteiger charge is 2.51. The van der Waals surface area contributed by atoms with Crippen LogP contribution in [0.1, 0.15) is 47.0 Å². The Morgan fingerprint density at radius 3 is 2.48 bits per heavy atom. The van der Waals surface area contributed by atoms with Gasteiger partial charge in [0.15, 0.2) is 6.61 Å². The zero-order valence-corrected chi connectivity index (χ0v) is 15.6. The highest BCUT2D eigenvalue weighted by atomic mass is 16.7. The molecular formula is C18H27BN2O4. The molecule has 2 aliphatic rings. The molecule has 0 atom stereocenters. The van der Waals surface area contributed by atoms with Gasteiger partial charge in [-0.3, -0.25) is 4.79 Å². The molecule has 2 saturated heterocycles. The van der Waals surface area contributed by atoms with Crippen LogP contribution in [0.5, 0.6) is 5.88 Å². The second-order valence-electron chi connectivity index (χ2n) is 7.75. The van der Waals surface area contributed by atoms with Gasteiger partial charge in [-0.25, -0.2) is 4.98 Å². The van der Waals surface area contributed by atoms with Crippen LogP contribution < -0.4 is 10.2 Å². The number of piperidine rings is 1. The molecular weight excluding hydrogens is 319 g/mol.